The monoisotopic (exact) mass is 424 g/mol. The normalized spacial score (nSPS) is 10.5. The van der Waals surface area contributed by atoms with Gasteiger partial charge in [0.1, 0.15) is 5.76 Å². The molecule has 0 spiro atoms. The Bertz CT molecular complexity index is 790. The zero-order chi connectivity index (χ0) is 16.8. The first-order valence-corrected chi connectivity index (χ1v) is 9.56. The van der Waals surface area contributed by atoms with E-state index in [9.17, 15) is 4.79 Å². The lowest BCUT2D eigenvalue weighted by atomic mass is 10.3. The molecule has 0 bridgehead atoms. The van der Waals surface area contributed by atoms with Crippen molar-refractivity contribution in [2.45, 2.75) is 10.9 Å². The van der Waals surface area contributed by atoms with Gasteiger partial charge in [0.05, 0.1) is 18.6 Å². The van der Waals surface area contributed by atoms with Crippen molar-refractivity contribution in [3.05, 3.63) is 52.9 Å². The number of thioether (sulfide) groups is 1. The molecular formula is C15H13BrN4O2S2. The highest BCUT2D eigenvalue weighted by molar-refractivity contribution is 9.10. The van der Waals surface area contributed by atoms with Crippen molar-refractivity contribution in [2.24, 2.45) is 0 Å². The maximum atomic E-state index is 11.9. The van der Waals surface area contributed by atoms with Crippen molar-refractivity contribution in [3.63, 3.8) is 0 Å². The average Bonchev–Trinajstić information content (AvgIpc) is 3.25. The molecule has 2 heterocycles. The van der Waals surface area contributed by atoms with E-state index in [4.69, 9.17) is 4.42 Å². The molecule has 0 unspecified atom stereocenters. The summed E-state index contributed by atoms with van der Waals surface area (Å²) in [5, 5.41) is 14.8. The van der Waals surface area contributed by atoms with Gasteiger partial charge in [-0.1, -0.05) is 39.0 Å². The number of rotatable bonds is 7. The highest BCUT2D eigenvalue weighted by Gasteiger charge is 2.09. The van der Waals surface area contributed by atoms with E-state index in [1.54, 1.807) is 6.26 Å². The molecule has 3 rings (SSSR count). The number of nitrogens with zero attached hydrogens (tertiary/aromatic N) is 2. The van der Waals surface area contributed by atoms with Crippen molar-refractivity contribution < 1.29 is 9.21 Å². The van der Waals surface area contributed by atoms with Gasteiger partial charge in [0.25, 0.3) is 0 Å². The maximum Gasteiger partial charge on any atom is 0.234 e. The Morgan fingerprint density at radius 1 is 1.25 bits per heavy atom. The molecule has 1 aromatic carbocycles. The van der Waals surface area contributed by atoms with Gasteiger partial charge in [-0.05, 0) is 36.4 Å². The van der Waals surface area contributed by atoms with Crippen LogP contribution in [0, 0.1) is 0 Å². The lowest BCUT2D eigenvalue weighted by Crippen LogP contribution is -2.13. The highest BCUT2D eigenvalue weighted by atomic mass is 79.9. The summed E-state index contributed by atoms with van der Waals surface area (Å²) in [7, 11) is 0. The van der Waals surface area contributed by atoms with Crippen LogP contribution in [0.15, 0.2) is 55.9 Å². The minimum Gasteiger partial charge on any atom is -0.467 e. The Labute approximate surface area is 155 Å². The minimum absolute atomic E-state index is 0.0809. The quantitative estimate of drug-likeness (QED) is 0.552. The zero-order valence-corrected chi connectivity index (χ0v) is 15.6. The minimum atomic E-state index is -0.0809. The standard InChI is InChI=1S/C15H13BrN4O2S2/c16-10-3-5-11(6-4-10)18-13(21)9-23-15-20-19-14(24-15)17-8-12-2-1-7-22-12/h1-7H,8-9H2,(H,17,19)(H,18,21). The van der Waals surface area contributed by atoms with E-state index in [1.165, 1.54) is 23.1 Å². The number of furan rings is 1. The van der Waals surface area contributed by atoms with Crippen molar-refractivity contribution in [1.29, 1.82) is 0 Å². The molecule has 0 aliphatic carbocycles. The summed E-state index contributed by atoms with van der Waals surface area (Å²) >= 11 is 6.12. The SMILES string of the molecule is O=C(CSc1nnc(NCc2ccco2)s1)Nc1ccc(Br)cc1. The van der Waals surface area contributed by atoms with E-state index in [0.29, 0.717) is 11.7 Å². The van der Waals surface area contributed by atoms with Gasteiger partial charge >= 0.3 is 0 Å². The van der Waals surface area contributed by atoms with Gasteiger partial charge in [-0.3, -0.25) is 4.79 Å². The van der Waals surface area contributed by atoms with Crippen LogP contribution >= 0.6 is 39.0 Å². The number of hydrogen-bond acceptors (Lipinski definition) is 7. The second kappa shape index (κ2) is 8.32. The third-order valence-electron chi connectivity index (χ3n) is 2.86. The first-order chi connectivity index (χ1) is 11.7. The molecule has 6 nitrogen and oxygen atoms in total. The maximum absolute atomic E-state index is 11.9. The number of benzene rings is 1. The van der Waals surface area contributed by atoms with E-state index in [1.807, 2.05) is 36.4 Å². The van der Waals surface area contributed by atoms with Crippen LogP contribution in [-0.2, 0) is 11.3 Å². The van der Waals surface area contributed by atoms with Gasteiger partial charge in [0.2, 0.25) is 11.0 Å². The van der Waals surface area contributed by atoms with Crippen LogP contribution in [0.1, 0.15) is 5.76 Å². The molecule has 1 amide bonds. The largest absolute Gasteiger partial charge is 0.467 e. The summed E-state index contributed by atoms with van der Waals surface area (Å²) in [6.45, 7) is 0.552. The molecule has 0 aliphatic heterocycles. The summed E-state index contributed by atoms with van der Waals surface area (Å²) < 4.78 is 6.95. The van der Waals surface area contributed by atoms with Crippen molar-refractivity contribution in [2.75, 3.05) is 16.4 Å². The number of anilines is 2. The number of carbonyl (C=O) groups is 1. The van der Waals surface area contributed by atoms with Crippen molar-refractivity contribution in [3.8, 4) is 0 Å². The van der Waals surface area contributed by atoms with E-state index < -0.39 is 0 Å². The molecule has 0 saturated heterocycles. The fourth-order valence-corrected chi connectivity index (χ4v) is 3.58. The number of aromatic nitrogens is 2. The Morgan fingerprint density at radius 3 is 2.83 bits per heavy atom. The molecule has 0 fully saturated rings. The zero-order valence-electron chi connectivity index (χ0n) is 12.4. The second-order valence-electron chi connectivity index (χ2n) is 4.65. The van der Waals surface area contributed by atoms with Gasteiger partial charge in [-0.2, -0.15) is 0 Å². The number of amides is 1. The molecular weight excluding hydrogens is 412 g/mol. The third kappa shape index (κ3) is 5.08. The Hall–Kier alpha value is -1.84. The lowest BCUT2D eigenvalue weighted by Gasteiger charge is -2.03. The van der Waals surface area contributed by atoms with Gasteiger partial charge in [0, 0.05) is 10.2 Å². The van der Waals surface area contributed by atoms with Crippen LogP contribution in [-0.4, -0.2) is 21.9 Å². The van der Waals surface area contributed by atoms with Crippen molar-refractivity contribution in [1.82, 2.24) is 10.2 Å². The predicted molar refractivity (Wildman–Crippen MR) is 99.4 cm³/mol. The lowest BCUT2D eigenvalue weighted by molar-refractivity contribution is -0.113. The van der Waals surface area contributed by atoms with E-state index in [-0.39, 0.29) is 11.7 Å². The molecule has 0 saturated carbocycles. The molecule has 9 heteroatoms. The number of hydrogen-bond donors (Lipinski definition) is 2. The predicted octanol–water partition coefficient (Wildman–Crippen LogP) is 4.24. The fraction of sp³-hybridized carbons (Fsp3) is 0.133. The molecule has 0 atom stereocenters. The summed E-state index contributed by atoms with van der Waals surface area (Å²) in [5.74, 6) is 1.03. The topological polar surface area (TPSA) is 80.1 Å². The number of carbonyl (C=O) groups excluding carboxylic acids is 1. The Kier molecular flexibility index (Phi) is 5.89. The van der Waals surface area contributed by atoms with E-state index in [2.05, 4.69) is 36.8 Å². The van der Waals surface area contributed by atoms with Crippen LogP contribution in [0.25, 0.3) is 0 Å². The highest BCUT2D eigenvalue weighted by Crippen LogP contribution is 2.26. The van der Waals surface area contributed by atoms with Gasteiger partial charge in [0.15, 0.2) is 4.34 Å². The molecule has 2 aromatic heterocycles. The first-order valence-electron chi connectivity index (χ1n) is 6.97. The van der Waals surface area contributed by atoms with Crippen LogP contribution in [0.5, 0.6) is 0 Å². The molecule has 3 aromatic rings. The number of nitrogens with one attached hydrogen (secondary N) is 2. The number of halogens is 1. The Morgan fingerprint density at radius 2 is 2.08 bits per heavy atom. The van der Waals surface area contributed by atoms with Gasteiger partial charge in [-0.15, -0.1) is 10.2 Å². The fourth-order valence-electron chi connectivity index (χ4n) is 1.77. The second-order valence-corrected chi connectivity index (χ2v) is 7.77. The smallest absolute Gasteiger partial charge is 0.234 e. The molecule has 0 radical (unpaired) electrons. The third-order valence-corrected chi connectivity index (χ3v) is 5.40. The summed E-state index contributed by atoms with van der Waals surface area (Å²) in [4.78, 5) is 11.9. The van der Waals surface area contributed by atoms with Crippen LogP contribution < -0.4 is 10.6 Å². The summed E-state index contributed by atoms with van der Waals surface area (Å²) in [5.41, 5.74) is 0.766. The van der Waals surface area contributed by atoms with Gasteiger partial charge < -0.3 is 15.1 Å². The molecule has 2 N–H and O–H groups in total. The van der Waals surface area contributed by atoms with Crippen LogP contribution in [0.3, 0.4) is 0 Å². The van der Waals surface area contributed by atoms with Crippen LogP contribution in [0.4, 0.5) is 10.8 Å². The van der Waals surface area contributed by atoms with Crippen LogP contribution in [0.2, 0.25) is 0 Å². The average molecular weight is 425 g/mol. The summed E-state index contributed by atoms with van der Waals surface area (Å²) in [6, 6.07) is 11.2. The van der Waals surface area contributed by atoms with E-state index >= 15 is 0 Å². The Balaban J connectivity index is 1.44. The first kappa shape index (κ1) is 17.0. The van der Waals surface area contributed by atoms with E-state index in [0.717, 1.165) is 20.3 Å². The van der Waals surface area contributed by atoms with Gasteiger partial charge in [-0.25, -0.2) is 0 Å². The molecule has 0 aliphatic rings. The van der Waals surface area contributed by atoms with Crippen molar-refractivity contribution >= 4 is 55.8 Å². The summed E-state index contributed by atoms with van der Waals surface area (Å²) in [6.07, 6.45) is 1.63. The molecule has 24 heavy (non-hydrogen) atoms. The molecule has 124 valence electrons.